The van der Waals surface area contributed by atoms with Gasteiger partial charge >= 0.3 is 0 Å². The molecular formula is C24H24Cl2N2O5S. The van der Waals surface area contributed by atoms with Gasteiger partial charge in [-0.15, -0.1) is 0 Å². The fourth-order valence-corrected chi connectivity index (χ4v) is 5.30. The van der Waals surface area contributed by atoms with Crippen molar-refractivity contribution in [2.45, 2.75) is 11.4 Å². The standard InChI is InChI=1S/C24H24Cl2N2O5S/c1-27(15-17-9-12-22(32-2)23(13-17)33-3)24(29)16-28(21-11-10-18(25)14-20(21)26)34(30,31)19-7-5-4-6-8-19/h4-14H,15-16H2,1-3H3. The second-order valence-electron chi connectivity index (χ2n) is 7.36. The maximum absolute atomic E-state index is 13.5. The van der Waals surface area contributed by atoms with Gasteiger partial charge in [0.05, 0.1) is 29.8 Å². The quantitative estimate of drug-likeness (QED) is 0.400. The van der Waals surface area contributed by atoms with Crippen LogP contribution in [0.25, 0.3) is 0 Å². The lowest BCUT2D eigenvalue weighted by atomic mass is 10.2. The number of nitrogens with zero attached hydrogens (tertiary/aromatic N) is 2. The Labute approximate surface area is 209 Å². The van der Waals surface area contributed by atoms with Gasteiger partial charge in [0.2, 0.25) is 5.91 Å². The van der Waals surface area contributed by atoms with Crippen LogP contribution in [0.5, 0.6) is 11.5 Å². The number of halogens is 2. The molecule has 0 fully saturated rings. The molecule has 0 saturated carbocycles. The van der Waals surface area contributed by atoms with E-state index in [0.29, 0.717) is 16.5 Å². The van der Waals surface area contributed by atoms with Crippen LogP contribution in [0.15, 0.2) is 71.6 Å². The molecule has 0 aliphatic heterocycles. The number of rotatable bonds is 9. The van der Waals surface area contributed by atoms with E-state index in [9.17, 15) is 13.2 Å². The molecule has 10 heteroatoms. The summed E-state index contributed by atoms with van der Waals surface area (Å²) in [5.74, 6) is 0.667. The van der Waals surface area contributed by atoms with Crippen LogP contribution in [-0.2, 0) is 21.4 Å². The molecule has 0 N–H and O–H groups in total. The maximum Gasteiger partial charge on any atom is 0.264 e. The summed E-state index contributed by atoms with van der Waals surface area (Å²) in [4.78, 5) is 14.6. The number of hydrogen-bond donors (Lipinski definition) is 0. The molecule has 180 valence electrons. The van der Waals surface area contributed by atoms with Crippen molar-refractivity contribution in [2.24, 2.45) is 0 Å². The summed E-state index contributed by atoms with van der Waals surface area (Å²) < 4.78 is 38.5. The Bertz CT molecular complexity index is 1270. The first kappa shape index (κ1) is 25.7. The van der Waals surface area contributed by atoms with E-state index in [0.717, 1.165) is 9.87 Å². The third-order valence-corrected chi connectivity index (χ3v) is 7.39. The zero-order valence-electron chi connectivity index (χ0n) is 18.9. The number of carbonyl (C=O) groups excluding carboxylic acids is 1. The summed E-state index contributed by atoms with van der Waals surface area (Å²) in [6.45, 7) is -0.227. The van der Waals surface area contributed by atoms with Crippen LogP contribution in [0.4, 0.5) is 5.69 Å². The van der Waals surface area contributed by atoms with Crippen LogP contribution in [0.3, 0.4) is 0 Å². The maximum atomic E-state index is 13.5. The summed E-state index contributed by atoms with van der Waals surface area (Å²) >= 11 is 12.3. The van der Waals surface area contributed by atoms with Crippen molar-refractivity contribution in [3.63, 3.8) is 0 Å². The fourth-order valence-electron chi connectivity index (χ4n) is 3.29. The smallest absolute Gasteiger partial charge is 0.264 e. The van der Waals surface area contributed by atoms with Gasteiger partial charge in [0.1, 0.15) is 6.54 Å². The van der Waals surface area contributed by atoms with E-state index in [-0.39, 0.29) is 22.2 Å². The van der Waals surface area contributed by atoms with E-state index >= 15 is 0 Å². The summed E-state index contributed by atoms with van der Waals surface area (Å²) in [5.41, 5.74) is 0.943. The monoisotopic (exact) mass is 522 g/mol. The van der Waals surface area contributed by atoms with E-state index < -0.39 is 22.5 Å². The summed E-state index contributed by atoms with van der Waals surface area (Å²) in [6.07, 6.45) is 0. The summed E-state index contributed by atoms with van der Waals surface area (Å²) in [6, 6.07) is 17.6. The number of carbonyl (C=O) groups is 1. The van der Waals surface area contributed by atoms with Crippen LogP contribution in [0.1, 0.15) is 5.56 Å². The third-order valence-electron chi connectivity index (χ3n) is 5.08. The largest absolute Gasteiger partial charge is 0.493 e. The Morgan fingerprint density at radius 3 is 2.21 bits per heavy atom. The predicted octanol–water partition coefficient (Wildman–Crippen LogP) is 4.86. The molecule has 1 amide bonds. The highest BCUT2D eigenvalue weighted by Crippen LogP contribution is 2.33. The molecule has 0 saturated heterocycles. The number of hydrogen-bond acceptors (Lipinski definition) is 5. The van der Waals surface area contributed by atoms with Crippen molar-refractivity contribution in [3.8, 4) is 11.5 Å². The topological polar surface area (TPSA) is 76.2 Å². The molecule has 0 radical (unpaired) electrons. The van der Waals surface area contributed by atoms with Gasteiger partial charge in [-0.3, -0.25) is 9.10 Å². The van der Waals surface area contributed by atoms with Gasteiger partial charge in [-0.2, -0.15) is 0 Å². The minimum atomic E-state index is -4.09. The Kier molecular flexibility index (Phi) is 8.30. The van der Waals surface area contributed by atoms with Crippen molar-refractivity contribution in [1.82, 2.24) is 4.90 Å². The lowest BCUT2D eigenvalue weighted by Crippen LogP contribution is -2.41. The minimum Gasteiger partial charge on any atom is -0.493 e. The van der Waals surface area contributed by atoms with E-state index in [1.54, 1.807) is 43.4 Å². The average Bonchev–Trinajstić information content (AvgIpc) is 2.83. The number of amides is 1. The number of likely N-dealkylation sites (N-methyl/N-ethyl adjacent to an activating group) is 1. The zero-order valence-corrected chi connectivity index (χ0v) is 21.2. The van der Waals surface area contributed by atoms with Crippen LogP contribution in [-0.4, -0.2) is 47.0 Å². The Balaban J connectivity index is 1.91. The highest BCUT2D eigenvalue weighted by molar-refractivity contribution is 7.92. The average molecular weight is 523 g/mol. The fraction of sp³-hybridized carbons (Fsp3) is 0.208. The molecule has 7 nitrogen and oxygen atoms in total. The SMILES string of the molecule is COc1ccc(CN(C)C(=O)CN(c2ccc(Cl)cc2Cl)S(=O)(=O)c2ccccc2)cc1OC. The van der Waals surface area contributed by atoms with Crippen LogP contribution >= 0.6 is 23.2 Å². The number of sulfonamides is 1. The normalized spacial score (nSPS) is 11.1. The van der Waals surface area contributed by atoms with E-state index in [4.69, 9.17) is 32.7 Å². The van der Waals surface area contributed by atoms with Gasteiger partial charge in [-0.1, -0.05) is 47.5 Å². The van der Waals surface area contributed by atoms with Crippen molar-refractivity contribution < 1.29 is 22.7 Å². The first-order chi connectivity index (χ1) is 16.2. The Hall–Kier alpha value is -2.94. The first-order valence-corrected chi connectivity index (χ1v) is 12.3. The predicted molar refractivity (Wildman–Crippen MR) is 133 cm³/mol. The number of ether oxygens (including phenoxy) is 2. The molecule has 0 aliphatic carbocycles. The van der Waals surface area contributed by atoms with Gasteiger partial charge in [-0.25, -0.2) is 8.42 Å². The summed E-state index contributed by atoms with van der Waals surface area (Å²) in [7, 11) is 0.569. The third kappa shape index (κ3) is 5.75. The summed E-state index contributed by atoms with van der Waals surface area (Å²) in [5, 5.41) is 0.463. The molecule has 0 aromatic heterocycles. The number of anilines is 1. The molecular weight excluding hydrogens is 499 g/mol. The number of methoxy groups -OCH3 is 2. The highest BCUT2D eigenvalue weighted by atomic mass is 35.5. The zero-order chi connectivity index (χ0) is 24.9. The van der Waals surface area contributed by atoms with Gasteiger partial charge < -0.3 is 14.4 Å². The molecule has 0 spiro atoms. The second-order valence-corrected chi connectivity index (χ2v) is 10.1. The molecule has 3 aromatic rings. The highest BCUT2D eigenvalue weighted by Gasteiger charge is 2.29. The van der Waals surface area contributed by atoms with Crippen molar-refractivity contribution >= 4 is 44.8 Å². The van der Waals surface area contributed by atoms with Crippen molar-refractivity contribution in [3.05, 3.63) is 82.3 Å². The van der Waals surface area contributed by atoms with E-state index in [1.165, 1.54) is 49.5 Å². The lowest BCUT2D eigenvalue weighted by Gasteiger charge is -2.27. The second kappa shape index (κ2) is 11.0. The molecule has 0 heterocycles. The first-order valence-electron chi connectivity index (χ1n) is 10.1. The molecule has 34 heavy (non-hydrogen) atoms. The van der Waals surface area contributed by atoms with Crippen molar-refractivity contribution in [2.75, 3.05) is 32.1 Å². The van der Waals surface area contributed by atoms with E-state index in [2.05, 4.69) is 0 Å². The lowest BCUT2D eigenvalue weighted by molar-refractivity contribution is -0.128. The molecule has 0 bridgehead atoms. The molecule has 0 aliphatic rings. The minimum absolute atomic E-state index is 0.0383. The number of benzene rings is 3. The van der Waals surface area contributed by atoms with Gasteiger partial charge in [-0.05, 0) is 48.0 Å². The van der Waals surface area contributed by atoms with E-state index in [1.807, 2.05) is 0 Å². The Morgan fingerprint density at radius 1 is 0.912 bits per heavy atom. The van der Waals surface area contributed by atoms with Crippen LogP contribution in [0, 0.1) is 0 Å². The van der Waals surface area contributed by atoms with Crippen molar-refractivity contribution in [1.29, 1.82) is 0 Å². The van der Waals surface area contributed by atoms with Crippen LogP contribution < -0.4 is 13.8 Å². The Morgan fingerprint density at radius 2 is 1.59 bits per heavy atom. The molecule has 0 atom stereocenters. The molecule has 0 unspecified atom stereocenters. The molecule has 3 aromatic carbocycles. The van der Waals surface area contributed by atoms with Gasteiger partial charge in [0.25, 0.3) is 10.0 Å². The van der Waals surface area contributed by atoms with Gasteiger partial charge in [0.15, 0.2) is 11.5 Å². The molecule has 3 rings (SSSR count). The van der Waals surface area contributed by atoms with Crippen LogP contribution in [0.2, 0.25) is 10.0 Å². The van der Waals surface area contributed by atoms with Gasteiger partial charge in [0, 0.05) is 18.6 Å².